The van der Waals surface area contributed by atoms with Crippen molar-refractivity contribution in [2.45, 2.75) is 43.2 Å². The lowest BCUT2D eigenvalue weighted by Crippen LogP contribution is -2.56. The van der Waals surface area contributed by atoms with Crippen LogP contribution in [0.15, 0.2) is 131 Å². The molecule has 5 aromatic carbocycles. The van der Waals surface area contributed by atoms with Crippen LogP contribution in [0.25, 0.3) is 0 Å². The van der Waals surface area contributed by atoms with E-state index >= 15 is 0 Å². The Balaban J connectivity index is 1.70. The molecule has 0 spiro atoms. The Kier molecular flexibility index (Phi) is 8.06. The number of rotatable bonds is 8. The second-order valence-electron chi connectivity index (χ2n) is 11.7. The van der Waals surface area contributed by atoms with E-state index in [2.05, 4.69) is 71.7 Å². The summed E-state index contributed by atoms with van der Waals surface area (Å²) in [7, 11) is -2.41. The Morgan fingerprint density at radius 2 is 1.42 bits per heavy atom. The van der Waals surface area contributed by atoms with Gasteiger partial charge in [-0.1, -0.05) is 102 Å². The van der Waals surface area contributed by atoms with Gasteiger partial charge in [0.15, 0.2) is 0 Å². The molecule has 5 nitrogen and oxygen atoms in total. The van der Waals surface area contributed by atoms with Crippen LogP contribution in [0.5, 0.6) is 5.75 Å². The van der Waals surface area contributed by atoms with Crippen molar-refractivity contribution in [3.05, 3.63) is 160 Å². The molecule has 228 valence electrons. The van der Waals surface area contributed by atoms with E-state index in [0.29, 0.717) is 17.3 Å². The summed E-state index contributed by atoms with van der Waals surface area (Å²) in [5, 5.41) is 0.585. The summed E-state index contributed by atoms with van der Waals surface area (Å²) < 4.78 is 38.0. The molecule has 0 N–H and O–H groups in total. The van der Waals surface area contributed by atoms with Gasteiger partial charge in [-0.25, -0.2) is 0 Å². The lowest BCUT2D eigenvalue weighted by Gasteiger charge is -2.48. The van der Waals surface area contributed by atoms with Gasteiger partial charge in [0.2, 0.25) is 0 Å². The maximum Gasteiger partial charge on any atom is 0.282 e. The molecule has 0 bridgehead atoms. The van der Waals surface area contributed by atoms with Crippen molar-refractivity contribution in [1.82, 2.24) is 0 Å². The summed E-state index contributed by atoms with van der Waals surface area (Å²) in [5.41, 5.74) is 5.06. The number of benzene rings is 5. The third-order valence-corrected chi connectivity index (χ3v) is 10.5. The van der Waals surface area contributed by atoms with Crippen LogP contribution in [-0.4, -0.2) is 21.7 Å². The largest absolute Gasteiger partial charge is 0.497 e. The summed E-state index contributed by atoms with van der Waals surface area (Å²) in [6.45, 7) is 6.64. The number of fused-ring (bicyclic) bond motifs is 1. The van der Waals surface area contributed by atoms with Gasteiger partial charge in [-0.15, -0.1) is 0 Å². The summed E-state index contributed by atoms with van der Waals surface area (Å²) in [5.74, 6) is 0.710. The van der Waals surface area contributed by atoms with Crippen LogP contribution in [0.4, 0.5) is 5.69 Å². The molecular weight excluding hydrogens is 600 g/mol. The lowest BCUT2D eigenvalue weighted by molar-refractivity contribution is 0.385. The molecule has 0 unspecified atom stereocenters. The van der Waals surface area contributed by atoms with Crippen LogP contribution in [0.1, 0.15) is 40.3 Å². The average Bonchev–Trinajstić information content (AvgIpc) is 3.26. The highest BCUT2D eigenvalue weighted by molar-refractivity contribution is 7.90. The molecule has 0 fully saturated rings. The topological polar surface area (TPSA) is 59.0 Å². The number of sulfonamides is 1. The minimum absolute atomic E-state index is 0.138. The molecule has 1 heterocycles. The average molecular weight is 635 g/mol. The van der Waals surface area contributed by atoms with E-state index in [0.717, 1.165) is 39.1 Å². The molecule has 0 aliphatic carbocycles. The Bertz CT molecular complexity index is 1960. The van der Waals surface area contributed by atoms with Crippen LogP contribution in [-0.2, 0) is 27.5 Å². The predicted octanol–water partition coefficient (Wildman–Crippen LogP) is 8.65. The molecule has 0 radical (unpaired) electrons. The number of ether oxygens (including phenoxy) is 1. The van der Waals surface area contributed by atoms with Crippen molar-refractivity contribution in [1.29, 1.82) is 0 Å². The second kappa shape index (κ2) is 11.8. The molecule has 2 atom stereocenters. The molecule has 1 aliphatic rings. The monoisotopic (exact) mass is 634 g/mol. The number of nitrogens with zero attached hydrogens (tertiary/aromatic N) is 2. The van der Waals surface area contributed by atoms with E-state index in [1.807, 2.05) is 55.5 Å². The van der Waals surface area contributed by atoms with Crippen LogP contribution in [0.2, 0.25) is 5.02 Å². The fourth-order valence-electron chi connectivity index (χ4n) is 6.51. The molecule has 0 saturated heterocycles. The Morgan fingerprint density at radius 1 is 0.800 bits per heavy atom. The minimum Gasteiger partial charge on any atom is -0.497 e. The first-order chi connectivity index (χ1) is 21.6. The van der Waals surface area contributed by atoms with Gasteiger partial charge in [0.1, 0.15) is 11.3 Å². The second-order valence-corrected chi connectivity index (χ2v) is 13.8. The maximum atomic E-state index is 13.9. The minimum atomic E-state index is -4.06. The van der Waals surface area contributed by atoms with Crippen LogP contribution in [0.3, 0.4) is 0 Å². The van der Waals surface area contributed by atoms with Crippen LogP contribution in [0, 0.1) is 13.8 Å². The third-order valence-electron chi connectivity index (χ3n) is 9.02. The third kappa shape index (κ3) is 5.32. The number of aryl methyl sites for hydroxylation is 2. The standard InChI is InChI=1S/C38H35ClN2O3S/c1-27-10-14-29(15-11-27)25-41-36-23-20-33(44-4)24-35(36)37(3,30-8-6-5-7-9-30)38(41,31-16-18-32(39)19-17-31)26-40-45(42,43)34-21-12-28(2)13-22-34/h5-24,26H,25H2,1-4H3/b40-26+/t37-,38-/m1/s1. The summed E-state index contributed by atoms with van der Waals surface area (Å²) in [4.78, 5) is 2.41. The van der Waals surface area contributed by atoms with E-state index in [1.54, 1.807) is 37.6 Å². The first kappa shape index (κ1) is 30.6. The van der Waals surface area contributed by atoms with Gasteiger partial charge in [-0.2, -0.15) is 12.8 Å². The molecule has 0 amide bonds. The highest BCUT2D eigenvalue weighted by Crippen LogP contribution is 2.60. The van der Waals surface area contributed by atoms with E-state index in [9.17, 15) is 8.42 Å². The van der Waals surface area contributed by atoms with Crippen molar-refractivity contribution >= 4 is 33.5 Å². The molecule has 45 heavy (non-hydrogen) atoms. The highest BCUT2D eigenvalue weighted by Gasteiger charge is 2.61. The van der Waals surface area contributed by atoms with Crippen molar-refractivity contribution < 1.29 is 13.2 Å². The molecule has 0 saturated carbocycles. The van der Waals surface area contributed by atoms with Gasteiger partial charge in [0.05, 0.1) is 17.4 Å². The first-order valence-corrected chi connectivity index (χ1v) is 16.6. The number of hydrogen-bond donors (Lipinski definition) is 0. The molecular formula is C38H35ClN2O3S. The van der Waals surface area contributed by atoms with E-state index in [-0.39, 0.29) is 4.90 Å². The molecule has 0 aromatic heterocycles. The summed E-state index contributed by atoms with van der Waals surface area (Å²) in [6.07, 6.45) is 1.64. The fourth-order valence-corrected chi connectivity index (χ4v) is 7.53. The number of methoxy groups -OCH3 is 1. The smallest absolute Gasteiger partial charge is 0.282 e. The van der Waals surface area contributed by atoms with E-state index < -0.39 is 21.0 Å². The molecule has 1 aliphatic heterocycles. The van der Waals surface area contributed by atoms with E-state index in [1.165, 1.54) is 0 Å². The number of hydrogen-bond acceptors (Lipinski definition) is 4. The Hall–Kier alpha value is -4.39. The lowest BCUT2D eigenvalue weighted by atomic mass is 9.62. The normalized spacial score (nSPS) is 19.5. The number of anilines is 1. The first-order valence-electron chi connectivity index (χ1n) is 14.8. The Morgan fingerprint density at radius 3 is 2.04 bits per heavy atom. The van der Waals surface area contributed by atoms with Crippen molar-refractivity contribution in [2.75, 3.05) is 12.0 Å². The van der Waals surface area contributed by atoms with Gasteiger partial charge < -0.3 is 9.64 Å². The maximum absolute atomic E-state index is 13.9. The zero-order chi connectivity index (χ0) is 31.8. The number of halogens is 1. The molecule has 6 rings (SSSR count). The van der Waals surface area contributed by atoms with Gasteiger partial charge >= 0.3 is 0 Å². The van der Waals surface area contributed by atoms with Crippen LogP contribution >= 0.6 is 11.6 Å². The molecule has 5 aromatic rings. The van der Waals surface area contributed by atoms with Crippen molar-refractivity contribution in [3.63, 3.8) is 0 Å². The quantitative estimate of drug-likeness (QED) is 0.160. The summed E-state index contributed by atoms with van der Waals surface area (Å²) >= 11 is 6.44. The van der Waals surface area contributed by atoms with Gasteiger partial charge in [-0.05, 0) is 85.5 Å². The van der Waals surface area contributed by atoms with Gasteiger partial charge in [-0.3, -0.25) is 0 Å². The van der Waals surface area contributed by atoms with Gasteiger partial charge in [0, 0.05) is 23.5 Å². The fraction of sp³-hybridized carbons (Fsp3) is 0.184. The zero-order valence-corrected chi connectivity index (χ0v) is 27.3. The van der Waals surface area contributed by atoms with Crippen LogP contribution < -0.4 is 9.64 Å². The molecule has 7 heteroatoms. The van der Waals surface area contributed by atoms with Crippen molar-refractivity contribution in [2.24, 2.45) is 4.40 Å². The SMILES string of the molecule is COc1ccc2c(c1)[C@@](C)(c1ccccc1)[C@@](/C=N/S(=O)(=O)c1ccc(C)cc1)(c1ccc(Cl)cc1)N2Cc1ccc(C)cc1. The van der Waals surface area contributed by atoms with E-state index in [4.69, 9.17) is 16.3 Å². The predicted molar refractivity (Wildman–Crippen MR) is 183 cm³/mol. The Labute approximate surface area is 270 Å². The van der Waals surface area contributed by atoms with Crippen molar-refractivity contribution in [3.8, 4) is 5.75 Å². The van der Waals surface area contributed by atoms with Gasteiger partial charge in [0.25, 0.3) is 10.0 Å². The zero-order valence-electron chi connectivity index (χ0n) is 25.7. The highest BCUT2D eigenvalue weighted by atomic mass is 35.5. The summed E-state index contributed by atoms with van der Waals surface area (Å²) in [6, 6.07) is 39.1.